The lowest BCUT2D eigenvalue weighted by molar-refractivity contribution is 0.425. The Kier molecular flexibility index (Phi) is 5.28. The van der Waals surface area contributed by atoms with Crippen LogP contribution in [0.15, 0.2) is 88.8 Å². The van der Waals surface area contributed by atoms with E-state index in [0.29, 0.717) is 17.5 Å². The average Bonchev–Trinajstić information content (AvgIpc) is 3.46. The third-order valence-corrected chi connectivity index (χ3v) is 5.65. The maximum absolute atomic E-state index is 5.42. The van der Waals surface area contributed by atoms with Gasteiger partial charge in [0, 0.05) is 23.5 Å². The Morgan fingerprint density at radius 2 is 1.71 bits per heavy atom. The molecule has 0 aliphatic carbocycles. The van der Waals surface area contributed by atoms with Crippen molar-refractivity contribution in [2.24, 2.45) is 0 Å². The molecule has 0 saturated carbocycles. The first kappa shape index (κ1) is 19.2. The van der Waals surface area contributed by atoms with Crippen molar-refractivity contribution in [1.29, 1.82) is 0 Å². The van der Waals surface area contributed by atoms with Crippen molar-refractivity contribution in [2.75, 3.05) is 0 Å². The number of hydrogen-bond acceptors (Lipinski definition) is 7. The van der Waals surface area contributed by atoms with Gasteiger partial charge in [-0.1, -0.05) is 53.3 Å². The minimum Gasteiger partial charge on any atom is -0.334 e. The van der Waals surface area contributed by atoms with Gasteiger partial charge in [-0.3, -0.25) is 9.55 Å². The predicted octanol–water partition coefficient (Wildman–Crippen LogP) is 4.98. The van der Waals surface area contributed by atoms with Crippen molar-refractivity contribution in [1.82, 2.24) is 29.9 Å². The van der Waals surface area contributed by atoms with Gasteiger partial charge in [0.05, 0.1) is 11.4 Å². The minimum absolute atomic E-state index is 0.507. The standard InChI is InChI=1S/C23H18N6OS/c1-16-8-5-6-12-19(16)29-21(18-11-7-13-24-14-18)26-27-23(29)31-15-20-25-22(30-28-20)17-9-3-2-4-10-17/h2-14H,15H2,1H3. The molecule has 3 aromatic heterocycles. The van der Waals surface area contributed by atoms with Crippen LogP contribution in [0, 0.1) is 6.92 Å². The molecule has 0 N–H and O–H groups in total. The van der Waals surface area contributed by atoms with Gasteiger partial charge in [-0.05, 0) is 42.8 Å². The molecule has 5 aromatic rings. The second-order valence-electron chi connectivity index (χ2n) is 6.84. The van der Waals surface area contributed by atoms with Gasteiger partial charge in [0.25, 0.3) is 5.89 Å². The summed E-state index contributed by atoms with van der Waals surface area (Å²) in [5.74, 6) is 2.36. The summed E-state index contributed by atoms with van der Waals surface area (Å²) >= 11 is 1.51. The fourth-order valence-electron chi connectivity index (χ4n) is 3.22. The SMILES string of the molecule is Cc1ccccc1-n1c(SCc2noc(-c3ccccc3)n2)nnc1-c1cccnc1. The van der Waals surface area contributed by atoms with Gasteiger partial charge in [0.15, 0.2) is 16.8 Å². The largest absolute Gasteiger partial charge is 0.334 e. The molecule has 5 rings (SSSR count). The number of aromatic nitrogens is 6. The summed E-state index contributed by atoms with van der Waals surface area (Å²) in [6, 6.07) is 21.8. The quantitative estimate of drug-likeness (QED) is 0.354. The second kappa shape index (κ2) is 8.53. The highest BCUT2D eigenvalue weighted by Gasteiger charge is 2.18. The van der Waals surface area contributed by atoms with Gasteiger partial charge in [-0.25, -0.2) is 0 Å². The lowest BCUT2D eigenvalue weighted by Crippen LogP contribution is -2.02. The molecule has 2 aromatic carbocycles. The van der Waals surface area contributed by atoms with Crippen LogP contribution in [0.2, 0.25) is 0 Å². The second-order valence-corrected chi connectivity index (χ2v) is 7.78. The number of pyridine rings is 1. The van der Waals surface area contributed by atoms with Crippen LogP contribution < -0.4 is 0 Å². The fourth-order valence-corrected chi connectivity index (χ4v) is 4.00. The zero-order chi connectivity index (χ0) is 21.0. The van der Waals surface area contributed by atoms with Gasteiger partial charge in [0.1, 0.15) is 0 Å². The number of aryl methyl sites for hydroxylation is 1. The van der Waals surface area contributed by atoms with Crippen molar-refractivity contribution in [3.8, 4) is 28.5 Å². The third kappa shape index (κ3) is 3.97. The molecule has 0 atom stereocenters. The Labute approximate surface area is 183 Å². The predicted molar refractivity (Wildman–Crippen MR) is 119 cm³/mol. The van der Waals surface area contributed by atoms with Crippen molar-refractivity contribution >= 4 is 11.8 Å². The summed E-state index contributed by atoms with van der Waals surface area (Å²) in [5.41, 5.74) is 3.94. The van der Waals surface area contributed by atoms with Gasteiger partial charge < -0.3 is 4.52 Å². The molecule has 8 heteroatoms. The molecule has 0 radical (unpaired) electrons. The zero-order valence-corrected chi connectivity index (χ0v) is 17.5. The molecular formula is C23H18N6OS. The highest BCUT2D eigenvalue weighted by Crippen LogP contribution is 2.30. The van der Waals surface area contributed by atoms with E-state index in [0.717, 1.165) is 33.4 Å². The minimum atomic E-state index is 0.507. The number of para-hydroxylation sites is 1. The highest BCUT2D eigenvalue weighted by atomic mass is 32.2. The van der Waals surface area contributed by atoms with Crippen LogP contribution in [0.1, 0.15) is 11.4 Å². The van der Waals surface area contributed by atoms with Crippen LogP contribution in [-0.2, 0) is 5.75 Å². The topological polar surface area (TPSA) is 82.5 Å². The van der Waals surface area contributed by atoms with E-state index in [-0.39, 0.29) is 0 Å². The zero-order valence-electron chi connectivity index (χ0n) is 16.7. The average molecular weight is 427 g/mol. The lowest BCUT2D eigenvalue weighted by atomic mass is 10.2. The molecule has 0 amide bonds. The van der Waals surface area contributed by atoms with E-state index in [2.05, 4.69) is 48.9 Å². The summed E-state index contributed by atoms with van der Waals surface area (Å²) in [4.78, 5) is 8.75. The van der Waals surface area contributed by atoms with E-state index < -0.39 is 0 Å². The van der Waals surface area contributed by atoms with Gasteiger partial charge in [-0.2, -0.15) is 4.98 Å². The lowest BCUT2D eigenvalue weighted by Gasteiger charge is -2.12. The fraction of sp³-hybridized carbons (Fsp3) is 0.0870. The van der Waals surface area contributed by atoms with E-state index >= 15 is 0 Å². The molecule has 152 valence electrons. The van der Waals surface area contributed by atoms with Crippen LogP contribution in [0.4, 0.5) is 0 Å². The smallest absolute Gasteiger partial charge is 0.257 e. The number of hydrogen-bond donors (Lipinski definition) is 0. The Hall–Kier alpha value is -3.78. The first-order valence-corrected chi connectivity index (χ1v) is 10.7. The van der Waals surface area contributed by atoms with Crippen molar-refractivity contribution in [2.45, 2.75) is 17.8 Å². The Balaban J connectivity index is 1.47. The van der Waals surface area contributed by atoms with E-state index in [9.17, 15) is 0 Å². The summed E-state index contributed by atoms with van der Waals surface area (Å²) in [6.45, 7) is 2.07. The summed E-state index contributed by atoms with van der Waals surface area (Å²) in [6.07, 6.45) is 3.53. The number of benzene rings is 2. The Bertz CT molecular complexity index is 1300. The third-order valence-electron chi connectivity index (χ3n) is 4.73. The van der Waals surface area contributed by atoms with Crippen molar-refractivity contribution in [3.05, 3.63) is 90.5 Å². The number of rotatable bonds is 6. The monoisotopic (exact) mass is 426 g/mol. The molecule has 0 unspecified atom stereocenters. The first-order chi connectivity index (χ1) is 15.3. The maximum atomic E-state index is 5.42. The Morgan fingerprint density at radius 1 is 0.903 bits per heavy atom. The van der Waals surface area contributed by atoms with E-state index in [1.807, 2.05) is 54.6 Å². The normalized spacial score (nSPS) is 11.0. The van der Waals surface area contributed by atoms with Crippen LogP contribution in [-0.4, -0.2) is 29.9 Å². The van der Waals surface area contributed by atoms with Crippen LogP contribution >= 0.6 is 11.8 Å². The Morgan fingerprint density at radius 3 is 2.52 bits per heavy atom. The van der Waals surface area contributed by atoms with Gasteiger partial charge in [-0.15, -0.1) is 10.2 Å². The van der Waals surface area contributed by atoms with E-state index in [4.69, 9.17) is 4.52 Å². The molecule has 0 bridgehead atoms. The molecule has 0 spiro atoms. The van der Waals surface area contributed by atoms with Crippen molar-refractivity contribution in [3.63, 3.8) is 0 Å². The maximum Gasteiger partial charge on any atom is 0.257 e. The molecular weight excluding hydrogens is 408 g/mol. The number of thioether (sulfide) groups is 1. The summed E-state index contributed by atoms with van der Waals surface area (Å²) in [7, 11) is 0. The first-order valence-electron chi connectivity index (χ1n) is 9.72. The van der Waals surface area contributed by atoms with E-state index in [1.165, 1.54) is 11.8 Å². The van der Waals surface area contributed by atoms with Crippen molar-refractivity contribution < 1.29 is 4.52 Å². The molecule has 31 heavy (non-hydrogen) atoms. The van der Waals surface area contributed by atoms with Gasteiger partial charge >= 0.3 is 0 Å². The summed E-state index contributed by atoms with van der Waals surface area (Å²) in [5, 5.41) is 13.8. The van der Waals surface area contributed by atoms with Crippen LogP contribution in [0.3, 0.4) is 0 Å². The molecule has 0 saturated heterocycles. The van der Waals surface area contributed by atoms with Gasteiger partial charge in [0.2, 0.25) is 0 Å². The highest BCUT2D eigenvalue weighted by molar-refractivity contribution is 7.98. The number of nitrogens with zero attached hydrogens (tertiary/aromatic N) is 6. The molecule has 0 aliphatic heterocycles. The molecule has 0 fully saturated rings. The van der Waals surface area contributed by atoms with Crippen LogP contribution in [0.5, 0.6) is 0 Å². The molecule has 0 aliphatic rings. The molecule has 7 nitrogen and oxygen atoms in total. The van der Waals surface area contributed by atoms with E-state index in [1.54, 1.807) is 12.4 Å². The summed E-state index contributed by atoms with van der Waals surface area (Å²) < 4.78 is 7.47. The molecule has 3 heterocycles. The van der Waals surface area contributed by atoms with Crippen LogP contribution in [0.25, 0.3) is 28.5 Å².